The van der Waals surface area contributed by atoms with Crippen LogP contribution in [0.25, 0.3) is 0 Å². The van der Waals surface area contributed by atoms with Crippen molar-refractivity contribution in [3.05, 3.63) is 72.3 Å². The second-order valence-corrected chi connectivity index (χ2v) is 6.00. The van der Waals surface area contributed by atoms with Crippen molar-refractivity contribution >= 4 is 23.0 Å². The first kappa shape index (κ1) is 18.0. The predicted octanol–water partition coefficient (Wildman–Crippen LogP) is 5.00. The topological polar surface area (TPSA) is 33.3 Å². The highest BCUT2D eigenvalue weighted by atomic mass is 32.1. The lowest BCUT2D eigenvalue weighted by Gasteiger charge is -2.20. The summed E-state index contributed by atoms with van der Waals surface area (Å²) in [6, 6.07) is 16.4. The highest BCUT2D eigenvalue weighted by Crippen LogP contribution is 2.19. The number of rotatable bonds is 7. The van der Waals surface area contributed by atoms with Crippen LogP contribution in [-0.2, 0) is 0 Å². The molecule has 126 valence electrons. The first-order valence-electron chi connectivity index (χ1n) is 8.10. The van der Waals surface area contributed by atoms with Gasteiger partial charge < -0.3 is 15.4 Å². The van der Waals surface area contributed by atoms with Crippen molar-refractivity contribution in [1.82, 2.24) is 5.32 Å². The molecule has 0 aliphatic heterocycles. The van der Waals surface area contributed by atoms with Gasteiger partial charge in [-0.15, -0.1) is 0 Å². The molecule has 2 rings (SSSR count). The number of ether oxygens (including phenoxy) is 1. The second kappa shape index (κ2) is 9.08. The smallest absolute Gasteiger partial charge is 0.171 e. The van der Waals surface area contributed by atoms with Gasteiger partial charge in [0.15, 0.2) is 5.11 Å². The molecule has 0 bridgehead atoms. The molecule has 1 atom stereocenters. The van der Waals surface area contributed by atoms with E-state index in [4.69, 9.17) is 17.0 Å². The van der Waals surface area contributed by atoms with Gasteiger partial charge in [-0.05, 0) is 55.4 Å². The summed E-state index contributed by atoms with van der Waals surface area (Å²) in [6.45, 7) is 8.37. The lowest BCUT2D eigenvalue weighted by molar-refractivity contribution is 0.363. The van der Waals surface area contributed by atoms with Gasteiger partial charge in [0.05, 0.1) is 6.04 Å². The SMILES string of the molecule is C=CCOc1ccc(NC(=S)NC(CC)c2ccc(C)cc2)cc1. The average Bonchev–Trinajstić information content (AvgIpc) is 2.60. The van der Waals surface area contributed by atoms with Crippen molar-refractivity contribution in [3.63, 3.8) is 0 Å². The van der Waals surface area contributed by atoms with Crippen LogP contribution in [0.5, 0.6) is 5.75 Å². The zero-order valence-corrected chi connectivity index (χ0v) is 15.0. The van der Waals surface area contributed by atoms with E-state index in [9.17, 15) is 0 Å². The van der Waals surface area contributed by atoms with Crippen LogP contribution in [0.1, 0.15) is 30.5 Å². The summed E-state index contributed by atoms with van der Waals surface area (Å²) in [5, 5.41) is 7.20. The monoisotopic (exact) mass is 340 g/mol. The lowest BCUT2D eigenvalue weighted by atomic mass is 10.0. The molecular formula is C20H24N2OS. The second-order valence-electron chi connectivity index (χ2n) is 5.59. The average molecular weight is 340 g/mol. The predicted molar refractivity (Wildman–Crippen MR) is 106 cm³/mol. The normalized spacial score (nSPS) is 11.4. The highest BCUT2D eigenvalue weighted by molar-refractivity contribution is 7.80. The van der Waals surface area contributed by atoms with Crippen LogP contribution < -0.4 is 15.4 Å². The van der Waals surface area contributed by atoms with Crippen LogP contribution in [0.15, 0.2) is 61.2 Å². The summed E-state index contributed by atoms with van der Waals surface area (Å²) >= 11 is 5.44. The summed E-state index contributed by atoms with van der Waals surface area (Å²) in [5.74, 6) is 0.811. The van der Waals surface area contributed by atoms with E-state index < -0.39 is 0 Å². The fourth-order valence-corrected chi connectivity index (χ4v) is 2.60. The Kier molecular flexibility index (Phi) is 6.82. The zero-order chi connectivity index (χ0) is 17.4. The molecule has 0 aliphatic carbocycles. The fraction of sp³-hybridized carbons (Fsp3) is 0.250. The summed E-state index contributed by atoms with van der Waals surface area (Å²) in [6.07, 6.45) is 2.68. The van der Waals surface area contributed by atoms with E-state index in [1.54, 1.807) is 6.08 Å². The summed E-state index contributed by atoms with van der Waals surface area (Å²) in [4.78, 5) is 0. The molecule has 1 unspecified atom stereocenters. The Balaban J connectivity index is 1.93. The van der Waals surface area contributed by atoms with Crippen molar-refractivity contribution in [1.29, 1.82) is 0 Å². The van der Waals surface area contributed by atoms with Crippen LogP contribution in [0.2, 0.25) is 0 Å². The Morgan fingerprint density at radius 2 is 1.83 bits per heavy atom. The van der Waals surface area contributed by atoms with Gasteiger partial charge >= 0.3 is 0 Å². The highest BCUT2D eigenvalue weighted by Gasteiger charge is 2.10. The molecule has 0 aromatic heterocycles. The first-order chi connectivity index (χ1) is 11.6. The number of benzene rings is 2. The van der Waals surface area contributed by atoms with Gasteiger partial charge in [0.2, 0.25) is 0 Å². The van der Waals surface area contributed by atoms with Crippen molar-refractivity contribution in [3.8, 4) is 5.75 Å². The first-order valence-corrected chi connectivity index (χ1v) is 8.51. The minimum atomic E-state index is 0.195. The third-order valence-electron chi connectivity index (χ3n) is 3.67. The molecular weight excluding hydrogens is 316 g/mol. The van der Waals surface area contributed by atoms with E-state index >= 15 is 0 Å². The van der Waals surface area contributed by atoms with E-state index in [-0.39, 0.29) is 6.04 Å². The van der Waals surface area contributed by atoms with Gasteiger partial charge in [0, 0.05) is 5.69 Å². The Morgan fingerprint density at radius 3 is 2.42 bits per heavy atom. The van der Waals surface area contributed by atoms with Gasteiger partial charge in [-0.3, -0.25) is 0 Å². The lowest BCUT2D eigenvalue weighted by Crippen LogP contribution is -2.32. The molecule has 0 aliphatic rings. The maximum absolute atomic E-state index is 5.47. The molecule has 0 heterocycles. The Hall–Kier alpha value is -2.33. The molecule has 0 fully saturated rings. The standard InChI is InChI=1S/C20H24N2OS/c1-4-14-23-18-12-10-17(11-13-18)21-20(24)22-19(5-2)16-8-6-15(3)7-9-16/h4,6-13,19H,1,5,14H2,2-3H3,(H2,21,22,24). The molecule has 0 saturated carbocycles. The quantitative estimate of drug-likeness (QED) is 0.549. The molecule has 0 radical (unpaired) electrons. The van der Waals surface area contributed by atoms with Crippen LogP contribution >= 0.6 is 12.2 Å². The largest absolute Gasteiger partial charge is 0.490 e. The van der Waals surface area contributed by atoms with Gasteiger partial charge in [-0.25, -0.2) is 0 Å². The maximum Gasteiger partial charge on any atom is 0.171 e. The van der Waals surface area contributed by atoms with E-state index in [0.29, 0.717) is 11.7 Å². The summed E-state index contributed by atoms with van der Waals surface area (Å²) in [7, 11) is 0. The van der Waals surface area contributed by atoms with Gasteiger partial charge in [-0.1, -0.05) is 49.4 Å². The van der Waals surface area contributed by atoms with E-state index in [0.717, 1.165) is 17.9 Å². The van der Waals surface area contributed by atoms with Crippen molar-refractivity contribution in [2.75, 3.05) is 11.9 Å². The number of hydrogen-bond donors (Lipinski definition) is 2. The number of aryl methyl sites for hydroxylation is 1. The fourth-order valence-electron chi connectivity index (χ4n) is 2.33. The van der Waals surface area contributed by atoms with Gasteiger partial charge in [0.25, 0.3) is 0 Å². The van der Waals surface area contributed by atoms with Crippen LogP contribution in [0.3, 0.4) is 0 Å². The van der Waals surface area contributed by atoms with Crippen molar-refractivity contribution in [2.24, 2.45) is 0 Å². The van der Waals surface area contributed by atoms with Crippen molar-refractivity contribution < 1.29 is 4.74 Å². The number of nitrogens with one attached hydrogen (secondary N) is 2. The van der Waals surface area contributed by atoms with E-state index in [1.165, 1.54) is 11.1 Å². The molecule has 0 spiro atoms. The summed E-state index contributed by atoms with van der Waals surface area (Å²) in [5.41, 5.74) is 3.42. The minimum Gasteiger partial charge on any atom is -0.490 e. The van der Waals surface area contributed by atoms with Crippen molar-refractivity contribution in [2.45, 2.75) is 26.3 Å². The van der Waals surface area contributed by atoms with Gasteiger partial charge in [-0.2, -0.15) is 0 Å². The molecule has 2 aromatic rings. The Bertz CT molecular complexity index is 665. The molecule has 2 N–H and O–H groups in total. The summed E-state index contributed by atoms with van der Waals surface area (Å²) < 4.78 is 5.47. The zero-order valence-electron chi connectivity index (χ0n) is 14.2. The molecule has 0 amide bonds. The number of hydrogen-bond acceptors (Lipinski definition) is 2. The van der Waals surface area contributed by atoms with Crippen LogP contribution in [0, 0.1) is 6.92 Å². The molecule has 0 saturated heterocycles. The van der Waals surface area contributed by atoms with Crippen LogP contribution in [-0.4, -0.2) is 11.7 Å². The number of anilines is 1. The molecule has 4 heteroatoms. The number of thiocarbonyl (C=S) groups is 1. The minimum absolute atomic E-state index is 0.195. The molecule has 3 nitrogen and oxygen atoms in total. The molecule has 2 aromatic carbocycles. The van der Waals surface area contributed by atoms with Crippen LogP contribution in [0.4, 0.5) is 5.69 Å². The molecule has 24 heavy (non-hydrogen) atoms. The maximum atomic E-state index is 5.47. The van der Waals surface area contributed by atoms with E-state index in [1.807, 2.05) is 24.3 Å². The Morgan fingerprint density at radius 1 is 1.17 bits per heavy atom. The Labute approximate surface area is 149 Å². The third-order valence-corrected chi connectivity index (χ3v) is 3.89. The van der Waals surface area contributed by atoms with E-state index in [2.05, 4.69) is 55.3 Å². The third kappa shape index (κ3) is 5.39. The van der Waals surface area contributed by atoms with Gasteiger partial charge in [0.1, 0.15) is 12.4 Å².